The predicted molar refractivity (Wildman–Crippen MR) is 47.6 cm³/mol. The SMILES string of the molecule is C#CC1(O)Cc2ccccc2C1. The molecule has 1 N–H and O–H groups in total. The highest BCUT2D eigenvalue weighted by atomic mass is 16.3. The molecule has 0 saturated carbocycles. The minimum absolute atomic E-state index is 0.597. The summed E-state index contributed by atoms with van der Waals surface area (Å²) in [5.74, 6) is 2.44. The zero-order valence-corrected chi connectivity index (χ0v) is 6.75. The van der Waals surface area contributed by atoms with Gasteiger partial charge in [0.1, 0.15) is 5.60 Å². The Morgan fingerprint density at radius 2 is 1.75 bits per heavy atom. The van der Waals surface area contributed by atoms with E-state index in [0.717, 1.165) is 0 Å². The molecule has 0 spiro atoms. The Bertz CT molecular complexity index is 321. The van der Waals surface area contributed by atoms with Gasteiger partial charge in [-0.05, 0) is 11.1 Å². The van der Waals surface area contributed by atoms with Crippen LogP contribution in [0.5, 0.6) is 0 Å². The van der Waals surface area contributed by atoms with Crippen LogP contribution >= 0.6 is 0 Å². The summed E-state index contributed by atoms with van der Waals surface area (Å²) in [7, 11) is 0. The van der Waals surface area contributed by atoms with Crippen LogP contribution in [0, 0.1) is 12.3 Å². The third kappa shape index (κ3) is 1.01. The van der Waals surface area contributed by atoms with Gasteiger partial charge in [-0.15, -0.1) is 6.42 Å². The third-order valence-electron chi connectivity index (χ3n) is 2.35. The molecule has 1 aliphatic carbocycles. The molecule has 0 radical (unpaired) electrons. The third-order valence-corrected chi connectivity index (χ3v) is 2.35. The van der Waals surface area contributed by atoms with Crippen LogP contribution in [0.15, 0.2) is 24.3 Å². The molecular weight excluding hydrogens is 148 g/mol. The summed E-state index contributed by atoms with van der Waals surface area (Å²) in [5, 5.41) is 9.79. The van der Waals surface area contributed by atoms with Gasteiger partial charge in [0.15, 0.2) is 0 Å². The first kappa shape index (κ1) is 7.39. The highest BCUT2D eigenvalue weighted by Gasteiger charge is 2.32. The highest BCUT2D eigenvalue weighted by molar-refractivity contribution is 5.38. The van der Waals surface area contributed by atoms with Crippen molar-refractivity contribution in [2.45, 2.75) is 18.4 Å². The second-order valence-electron chi connectivity index (χ2n) is 3.30. The highest BCUT2D eigenvalue weighted by Crippen LogP contribution is 2.28. The Labute approximate surface area is 72.0 Å². The van der Waals surface area contributed by atoms with Crippen LogP contribution < -0.4 is 0 Å². The maximum Gasteiger partial charge on any atom is 0.133 e. The van der Waals surface area contributed by atoms with Crippen molar-refractivity contribution in [2.75, 3.05) is 0 Å². The maximum atomic E-state index is 9.79. The van der Waals surface area contributed by atoms with Crippen molar-refractivity contribution < 1.29 is 5.11 Å². The molecule has 0 bridgehead atoms. The smallest absolute Gasteiger partial charge is 0.133 e. The van der Waals surface area contributed by atoms with Crippen LogP contribution in [0.4, 0.5) is 0 Å². The summed E-state index contributed by atoms with van der Waals surface area (Å²) in [5.41, 5.74) is 1.43. The lowest BCUT2D eigenvalue weighted by molar-refractivity contribution is 0.114. The summed E-state index contributed by atoms with van der Waals surface area (Å²) in [6, 6.07) is 7.98. The van der Waals surface area contributed by atoms with Crippen LogP contribution in [0.1, 0.15) is 11.1 Å². The Morgan fingerprint density at radius 3 is 2.17 bits per heavy atom. The molecule has 0 fully saturated rings. The molecule has 2 rings (SSSR count). The summed E-state index contributed by atoms with van der Waals surface area (Å²) in [6.07, 6.45) is 6.44. The van der Waals surface area contributed by atoms with Gasteiger partial charge >= 0.3 is 0 Å². The molecule has 0 heterocycles. The van der Waals surface area contributed by atoms with Gasteiger partial charge in [-0.25, -0.2) is 0 Å². The second-order valence-corrected chi connectivity index (χ2v) is 3.30. The Kier molecular flexibility index (Phi) is 1.46. The zero-order valence-electron chi connectivity index (χ0n) is 6.75. The van der Waals surface area contributed by atoms with Crippen LogP contribution in [0.2, 0.25) is 0 Å². The number of aliphatic hydroxyl groups is 1. The molecule has 0 atom stereocenters. The van der Waals surface area contributed by atoms with Gasteiger partial charge in [-0.1, -0.05) is 30.2 Å². The average Bonchev–Trinajstić information content (AvgIpc) is 2.42. The summed E-state index contributed by atoms with van der Waals surface area (Å²) >= 11 is 0. The van der Waals surface area contributed by atoms with Crippen LogP contribution in [0.25, 0.3) is 0 Å². The number of rotatable bonds is 0. The Morgan fingerprint density at radius 1 is 1.25 bits per heavy atom. The molecule has 1 aliphatic rings. The zero-order chi connectivity index (χ0) is 8.60. The van der Waals surface area contributed by atoms with Gasteiger partial charge in [-0.3, -0.25) is 0 Å². The number of hydrogen-bond donors (Lipinski definition) is 1. The molecule has 0 unspecified atom stereocenters. The van der Waals surface area contributed by atoms with E-state index in [-0.39, 0.29) is 0 Å². The van der Waals surface area contributed by atoms with Gasteiger partial charge < -0.3 is 5.11 Å². The standard InChI is InChI=1S/C11H10O/c1-2-11(12)7-9-5-3-4-6-10(9)8-11/h1,3-6,12H,7-8H2. The van der Waals surface area contributed by atoms with Crippen LogP contribution in [0.3, 0.4) is 0 Å². The van der Waals surface area contributed by atoms with Crippen molar-refractivity contribution in [3.05, 3.63) is 35.4 Å². The number of terminal acetylenes is 1. The van der Waals surface area contributed by atoms with Gasteiger partial charge in [0.25, 0.3) is 0 Å². The molecule has 12 heavy (non-hydrogen) atoms. The van der Waals surface area contributed by atoms with Crippen molar-refractivity contribution in [3.8, 4) is 12.3 Å². The fraction of sp³-hybridized carbons (Fsp3) is 0.273. The molecule has 0 amide bonds. The molecule has 0 aliphatic heterocycles. The van der Waals surface area contributed by atoms with Crippen molar-refractivity contribution in [1.29, 1.82) is 0 Å². The quantitative estimate of drug-likeness (QED) is 0.561. The number of hydrogen-bond acceptors (Lipinski definition) is 1. The molecular formula is C11H10O. The van der Waals surface area contributed by atoms with Gasteiger partial charge in [0, 0.05) is 12.8 Å². The topological polar surface area (TPSA) is 20.2 Å². The Hall–Kier alpha value is -1.26. The fourth-order valence-electron chi connectivity index (χ4n) is 1.70. The average molecular weight is 158 g/mol. The lowest BCUT2D eigenvalue weighted by Gasteiger charge is -2.12. The first-order valence-electron chi connectivity index (χ1n) is 4.00. The van der Waals surface area contributed by atoms with Crippen molar-refractivity contribution in [3.63, 3.8) is 0 Å². The molecule has 60 valence electrons. The fourth-order valence-corrected chi connectivity index (χ4v) is 1.70. The van der Waals surface area contributed by atoms with E-state index in [9.17, 15) is 5.11 Å². The largest absolute Gasteiger partial charge is 0.377 e. The van der Waals surface area contributed by atoms with E-state index < -0.39 is 5.60 Å². The minimum Gasteiger partial charge on any atom is -0.377 e. The van der Waals surface area contributed by atoms with Crippen molar-refractivity contribution >= 4 is 0 Å². The second kappa shape index (κ2) is 2.36. The van der Waals surface area contributed by atoms with E-state index >= 15 is 0 Å². The molecule has 0 saturated heterocycles. The molecule has 1 aromatic rings. The maximum absolute atomic E-state index is 9.79. The molecule has 1 heteroatoms. The first-order valence-corrected chi connectivity index (χ1v) is 4.00. The number of fused-ring (bicyclic) bond motifs is 1. The molecule has 1 nitrogen and oxygen atoms in total. The van der Waals surface area contributed by atoms with E-state index in [4.69, 9.17) is 6.42 Å². The summed E-state index contributed by atoms with van der Waals surface area (Å²) in [4.78, 5) is 0. The minimum atomic E-state index is -0.927. The van der Waals surface area contributed by atoms with E-state index in [2.05, 4.69) is 5.92 Å². The molecule has 1 aromatic carbocycles. The van der Waals surface area contributed by atoms with Gasteiger partial charge in [-0.2, -0.15) is 0 Å². The monoisotopic (exact) mass is 158 g/mol. The van der Waals surface area contributed by atoms with Crippen LogP contribution in [-0.4, -0.2) is 10.7 Å². The lowest BCUT2D eigenvalue weighted by atomic mass is 10.0. The summed E-state index contributed by atoms with van der Waals surface area (Å²) < 4.78 is 0. The number of benzene rings is 1. The molecule has 0 aromatic heterocycles. The Balaban J connectivity index is 2.41. The van der Waals surface area contributed by atoms with E-state index in [1.807, 2.05) is 24.3 Å². The predicted octanol–water partition coefficient (Wildman–Crippen LogP) is 1.15. The van der Waals surface area contributed by atoms with Crippen LogP contribution in [-0.2, 0) is 12.8 Å². The van der Waals surface area contributed by atoms with Gasteiger partial charge in [0.05, 0.1) is 0 Å². The normalized spacial score (nSPS) is 18.3. The van der Waals surface area contributed by atoms with Gasteiger partial charge in [0.2, 0.25) is 0 Å². The first-order chi connectivity index (χ1) is 5.73. The summed E-state index contributed by atoms with van der Waals surface area (Å²) in [6.45, 7) is 0. The van der Waals surface area contributed by atoms with Crippen molar-refractivity contribution in [2.24, 2.45) is 0 Å². The lowest BCUT2D eigenvalue weighted by Crippen LogP contribution is -2.26. The van der Waals surface area contributed by atoms with E-state index in [0.29, 0.717) is 12.8 Å². The van der Waals surface area contributed by atoms with E-state index in [1.165, 1.54) is 11.1 Å². The van der Waals surface area contributed by atoms with Crippen molar-refractivity contribution in [1.82, 2.24) is 0 Å². The van der Waals surface area contributed by atoms with E-state index in [1.54, 1.807) is 0 Å².